The van der Waals surface area contributed by atoms with Gasteiger partial charge in [0.25, 0.3) is 0 Å². The Morgan fingerprint density at radius 3 is 2.41 bits per heavy atom. The Morgan fingerprint density at radius 1 is 1.00 bits per heavy atom. The molecule has 0 spiro atoms. The minimum absolute atomic E-state index is 0.344. The first-order valence-corrected chi connectivity index (χ1v) is 7.30. The zero-order valence-corrected chi connectivity index (χ0v) is 12.2. The molecule has 0 radical (unpaired) electrons. The molecule has 1 amide bonds. The number of amides is 1. The van der Waals surface area contributed by atoms with Crippen LogP contribution in [0.15, 0.2) is 79.0 Å². The maximum atomic E-state index is 12.1. The molecule has 3 rings (SSSR count). The maximum absolute atomic E-state index is 12.1. The summed E-state index contributed by atoms with van der Waals surface area (Å²) < 4.78 is 0. The van der Waals surface area contributed by atoms with Crippen molar-refractivity contribution in [3.8, 4) is 11.1 Å². The number of hydrogen-bond donors (Lipinski definition) is 1. The SMILES string of the molecule is NC(=O)C(c1ccccc1-c1ccccc1)N1C=CC=CC1. The summed E-state index contributed by atoms with van der Waals surface area (Å²) in [5, 5.41) is 0. The molecule has 1 heterocycles. The van der Waals surface area contributed by atoms with Crippen LogP contribution in [0.1, 0.15) is 11.6 Å². The number of hydrogen-bond acceptors (Lipinski definition) is 2. The molecule has 22 heavy (non-hydrogen) atoms. The lowest BCUT2D eigenvalue weighted by atomic mass is 9.93. The Bertz CT molecular complexity index is 719. The van der Waals surface area contributed by atoms with E-state index in [0.29, 0.717) is 6.54 Å². The van der Waals surface area contributed by atoms with Crippen molar-refractivity contribution in [2.24, 2.45) is 5.73 Å². The number of rotatable bonds is 4. The lowest BCUT2D eigenvalue weighted by Crippen LogP contribution is -2.35. The zero-order chi connectivity index (χ0) is 15.4. The third-order valence-corrected chi connectivity index (χ3v) is 3.78. The summed E-state index contributed by atoms with van der Waals surface area (Å²) in [6, 6.07) is 17.5. The fraction of sp³-hybridized carbons (Fsp3) is 0.105. The van der Waals surface area contributed by atoms with E-state index in [2.05, 4.69) is 0 Å². The number of allylic oxidation sites excluding steroid dienone is 2. The Balaban J connectivity index is 2.07. The van der Waals surface area contributed by atoms with Crippen LogP contribution in [0.2, 0.25) is 0 Å². The largest absolute Gasteiger partial charge is 0.368 e. The van der Waals surface area contributed by atoms with E-state index in [9.17, 15) is 4.79 Å². The molecule has 3 nitrogen and oxygen atoms in total. The maximum Gasteiger partial charge on any atom is 0.244 e. The van der Waals surface area contributed by atoms with E-state index < -0.39 is 6.04 Å². The first-order valence-electron chi connectivity index (χ1n) is 7.30. The number of nitrogens with zero attached hydrogens (tertiary/aromatic N) is 1. The van der Waals surface area contributed by atoms with Crippen molar-refractivity contribution in [3.05, 3.63) is 84.6 Å². The molecular formula is C19H18N2O. The fourth-order valence-electron chi connectivity index (χ4n) is 2.79. The van der Waals surface area contributed by atoms with Gasteiger partial charge in [-0.3, -0.25) is 4.79 Å². The summed E-state index contributed by atoms with van der Waals surface area (Å²) in [4.78, 5) is 14.1. The highest BCUT2D eigenvalue weighted by molar-refractivity contribution is 5.85. The molecule has 1 unspecified atom stereocenters. The first-order chi connectivity index (χ1) is 10.8. The van der Waals surface area contributed by atoms with Crippen LogP contribution < -0.4 is 5.73 Å². The van der Waals surface area contributed by atoms with Gasteiger partial charge in [0.1, 0.15) is 6.04 Å². The molecule has 3 heteroatoms. The van der Waals surface area contributed by atoms with Crippen LogP contribution in [0, 0.1) is 0 Å². The molecule has 1 aliphatic heterocycles. The van der Waals surface area contributed by atoms with E-state index in [1.807, 2.05) is 83.9 Å². The van der Waals surface area contributed by atoms with Crippen LogP contribution in [0.25, 0.3) is 11.1 Å². The third kappa shape index (κ3) is 2.79. The number of nitrogens with two attached hydrogens (primary N) is 1. The van der Waals surface area contributed by atoms with Gasteiger partial charge in [0.05, 0.1) is 0 Å². The molecule has 110 valence electrons. The van der Waals surface area contributed by atoms with Crippen molar-refractivity contribution in [2.45, 2.75) is 6.04 Å². The van der Waals surface area contributed by atoms with Gasteiger partial charge < -0.3 is 10.6 Å². The number of carbonyl (C=O) groups excluding carboxylic acids is 1. The molecule has 0 saturated heterocycles. The summed E-state index contributed by atoms with van der Waals surface area (Å²) >= 11 is 0. The van der Waals surface area contributed by atoms with E-state index in [0.717, 1.165) is 16.7 Å². The van der Waals surface area contributed by atoms with Crippen LogP contribution in [0.5, 0.6) is 0 Å². The Labute approximate surface area is 130 Å². The summed E-state index contributed by atoms with van der Waals surface area (Å²) in [5.41, 5.74) is 8.76. The van der Waals surface area contributed by atoms with Gasteiger partial charge in [-0.15, -0.1) is 0 Å². The molecule has 1 aliphatic rings. The van der Waals surface area contributed by atoms with Crippen LogP contribution in [0.3, 0.4) is 0 Å². The van der Waals surface area contributed by atoms with Crippen molar-refractivity contribution in [1.29, 1.82) is 0 Å². The number of benzene rings is 2. The lowest BCUT2D eigenvalue weighted by molar-refractivity contribution is -0.122. The topological polar surface area (TPSA) is 46.3 Å². The lowest BCUT2D eigenvalue weighted by Gasteiger charge is -2.30. The molecule has 0 saturated carbocycles. The molecule has 0 bridgehead atoms. The van der Waals surface area contributed by atoms with E-state index in [1.165, 1.54) is 0 Å². The monoisotopic (exact) mass is 290 g/mol. The fourth-order valence-corrected chi connectivity index (χ4v) is 2.79. The second-order valence-corrected chi connectivity index (χ2v) is 5.22. The second kappa shape index (κ2) is 6.31. The first kappa shape index (κ1) is 14.1. The van der Waals surface area contributed by atoms with Crippen molar-refractivity contribution in [3.63, 3.8) is 0 Å². The summed E-state index contributed by atoms with van der Waals surface area (Å²) in [7, 11) is 0. The van der Waals surface area contributed by atoms with Gasteiger partial charge in [-0.05, 0) is 22.8 Å². The van der Waals surface area contributed by atoms with Crippen LogP contribution in [-0.2, 0) is 4.79 Å². The highest BCUT2D eigenvalue weighted by atomic mass is 16.1. The van der Waals surface area contributed by atoms with Crippen LogP contribution in [-0.4, -0.2) is 17.4 Å². The summed E-state index contributed by atoms with van der Waals surface area (Å²) in [6.07, 6.45) is 7.82. The van der Waals surface area contributed by atoms with Gasteiger partial charge in [0.15, 0.2) is 0 Å². The highest BCUT2D eigenvalue weighted by Gasteiger charge is 2.26. The number of carbonyl (C=O) groups is 1. The van der Waals surface area contributed by atoms with Gasteiger partial charge in [0.2, 0.25) is 5.91 Å². The molecule has 2 aromatic rings. The Morgan fingerprint density at radius 2 is 1.73 bits per heavy atom. The average molecular weight is 290 g/mol. The quantitative estimate of drug-likeness (QED) is 0.939. The van der Waals surface area contributed by atoms with Gasteiger partial charge in [-0.1, -0.05) is 66.7 Å². The van der Waals surface area contributed by atoms with Gasteiger partial charge in [0, 0.05) is 12.7 Å². The van der Waals surface area contributed by atoms with Crippen LogP contribution in [0.4, 0.5) is 0 Å². The predicted octanol–water partition coefficient (Wildman–Crippen LogP) is 3.27. The van der Waals surface area contributed by atoms with E-state index in [4.69, 9.17) is 5.73 Å². The van der Waals surface area contributed by atoms with Gasteiger partial charge in [-0.2, -0.15) is 0 Å². The molecule has 0 aromatic heterocycles. The normalized spacial score (nSPS) is 14.8. The molecule has 0 fully saturated rings. The molecular weight excluding hydrogens is 272 g/mol. The number of primary amides is 1. The van der Waals surface area contributed by atoms with Crippen molar-refractivity contribution >= 4 is 5.91 Å². The van der Waals surface area contributed by atoms with Crippen molar-refractivity contribution in [2.75, 3.05) is 6.54 Å². The standard InChI is InChI=1S/C19H18N2O/c20-19(22)18(21-13-7-2-8-14-21)17-12-6-5-11-16(17)15-9-3-1-4-10-15/h1-13,18H,14H2,(H2,20,22). The smallest absolute Gasteiger partial charge is 0.244 e. The molecule has 1 atom stereocenters. The van der Waals surface area contributed by atoms with Crippen molar-refractivity contribution < 1.29 is 4.79 Å². The average Bonchev–Trinajstić information content (AvgIpc) is 2.57. The van der Waals surface area contributed by atoms with E-state index in [1.54, 1.807) is 0 Å². The van der Waals surface area contributed by atoms with Gasteiger partial charge in [-0.25, -0.2) is 0 Å². The van der Waals surface area contributed by atoms with Crippen molar-refractivity contribution in [1.82, 2.24) is 4.90 Å². The van der Waals surface area contributed by atoms with E-state index in [-0.39, 0.29) is 5.91 Å². The highest BCUT2D eigenvalue weighted by Crippen LogP contribution is 2.32. The minimum Gasteiger partial charge on any atom is -0.368 e. The Hall–Kier alpha value is -2.81. The summed E-state index contributed by atoms with van der Waals surface area (Å²) in [6.45, 7) is 0.674. The molecule has 2 N–H and O–H groups in total. The molecule has 2 aromatic carbocycles. The third-order valence-electron chi connectivity index (χ3n) is 3.78. The van der Waals surface area contributed by atoms with Gasteiger partial charge >= 0.3 is 0 Å². The van der Waals surface area contributed by atoms with Crippen LogP contribution >= 0.6 is 0 Å². The zero-order valence-electron chi connectivity index (χ0n) is 12.2. The minimum atomic E-state index is -0.474. The van der Waals surface area contributed by atoms with E-state index >= 15 is 0 Å². The second-order valence-electron chi connectivity index (χ2n) is 5.22. The molecule has 0 aliphatic carbocycles. The summed E-state index contributed by atoms with van der Waals surface area (Å²) in [5.74, 6) is -0.344. The Kier molecular flexibility index (Phi) is 4.05. The predicted molar refractivity (Wildman–Crippen MR) is 88.8 cm³/mol.